The lowest BCUT2D eigenvalue weighted by Crippen LogP contribution is -2.21. The largest absolute Gasteiger partial charge is 0.490 e. The number of aromatic nitrogens is 3. The minimum atomic E-state index is -5.08. The van der Waals surface area contributed by atoms with Crippen LogP contribution in [0, 0.1) is 0 Å². The van der Waals surface area contributed by atoms with Crippen molar-refractivity contribution in [3.8, 4) is 17.4 Å². The molecule has 0 bridgehead atoms. The Labute approximate surface area is 156 Å². The van der Waals surface area contributed by atoms with Crippen molar-refractivity contribution >= 4 is 11.9 Å². The molecule has 1 fully saturated rings. The number of aromatic carboxylic acids is 1. The van der Waals surface area contributed by atoms with Crippen molar-refractivity contribution in [3.05, 3.63) is 30.0 Å². The van der Waals surface area contributed by atoms with Gasteiger partial charge < -0.3 is 19.7 Å². The minimum Gasteiger partial charge on any atom is -0.490 e. The lowest BCUT2D eigenvalue weighted by molar-refractivity contribution is -0.192. The van der Waals surface area contributed by atoms with Gasteiger partial charge in [-0.05, 0) is 37.8 Å². The number of carboxylic acids is 2. The third-order valence-electron chi connectivity index (χ3n) is 3.60. The summed E-state index contributed by atoms with van der Waals surface area (Å²) in [6, 6.07) is 7.08. The van der Waals surface area contributed by atoms with Crippen molar-refractivity contribution in [1.82, 2.24) is 15.4 Å². The topological polar surface area (TPSA) is 135 Å². The molecule has 1 aromatic heterocycles. The predicted molar refractivity (Wildman–Crippen MR) is 86.4 cm³/mol. The molecular weight excluding hydrogens is 387 g/mol. The van der Waals surface area contributed by atoms with Crippen molar-refractivity contribution in [2.75, 3.05) is 0 Å². The Bertz CT molecular complexity index is 818. The van der Waals surface area contributed by atoms with Gasteiger partial charge in [0.05, 0.1) is 6.10 Å². The normalized spacial score (nSPS) is 14.1. The fraction of sp³-hybridized carbons (Fsp3) is 0.375. The summed E-state index contributed by atoms with van der Waals surface area (Å²) in [4.78, 5) is 19.9. The SMILES string of the molecule is O=C(O)C(F)(F)F.O=C(O)c1[nH]nnc1Oc1cccc(OC2CCCC2)c1. The number of halogens is 3. The fourth-order valence-electron chi connectivity index (χ4n) is 2.35. The number of H-pyrrole nitrogens is 1. The molecular formula is C16H16F3N3O6. The van der Waals surface area contributed by atoms with Gasteiger partial charge >= 0.3 is 18.1 Å². The van der Waals surface area contributed by atoms with Gasteiger partial charge in [0, 0.05) is 6.07 Å². The van der Waals surface area contributed by atoms with E-state index in [2.05, 4.69) is 15.4 Å². The summed E-state index contributed by atoms with van der Waals surface area (Å²) in [5.74, 6) is -2.83. The second-order valence-corrected chi connectivity index (χ2v) is 5.70. The van der Waals surface area contributed by atoms with E-state index < -0.39 is 18.1 Å². The first kappa shape index (κ1) is 21.0. The Balaban J connectivity index is 0.000000345. The van der Waals surface area contributed by atoms with E-state index in [1.807, 2.05) is 6.07 Å². The number of nitrogens with zero attached hydrogens (tertiary/aromatic N) is 2. The summed E-state index contributed by atoms with van der Waals surface area (Å²) in [6.45, 7) is 0. The first-order chi connectivity index (χ1) is 13.2. The number of hydrogen-bond acceptors (Lipinski definition) is 6. The van der Waals surface area contributed by atoms with Gasteiger partial charge in [-0.2, -0.15) is 13.2 Å². The fourth-order valence-corrected chi connectivity index (χ4v) is 2.35. The molecule has 12 heteroatoms. The number of aromatic amines is 1. The van der Waals surface area contributed by atoms with Gasteiger partial charge in [0.1, 0.15) is 11.5 Å². The highest BCUT2D eigenvalue weighted by atomic mass is 19.4. The van der Waals surface area contributed by atoms with Crippen LogP contribution in [0.4, 0.5) is 13.2 Å². The van der Waals surface area contributed by atoms with Crippen molar-refractivity contribution < 1.29 is 42.4 Å². The van der Waals surface area contributed by atoms with Crippen LogP contribution in [-0.4, -0.2) is 49.8 Å². The van der Waals surface area contributed by atoms with E-state index in [-0.39, 0.29) is 17.7 Å². The number of carboxylic acid groups (broad SMARTS) is 2. The van der Waals surface area contributed by atoms with Crippen LogP contribution < -0.4 is 9.47 Å². The standard InChI is InChI=1S/C14H15N3O4.C2HF3O2/c18-14(19)12-13(16-17-15-12)21-11-7-3-6-10(8-11)20-9-4-1-2-5-9;3-2(4,5)1(6)7/h3,6-9H,1-2,4-5H2,(H,18,19)(H,15,16,17);(H,6,7). The number of aliphatic carboxylic acids is 1. The molecule has 1 saturated carbocycles. The van der Waals surface area contributed by atoms with Gasteiger partial charge in [-0.15, -0.1) is 0 Å². The van der Waals surface area contributed by atoms with Gasteiger partial charge in [0.25, 0.3) is 5.88 Å². The summed E-state index contributed by atoms with van der Waals surface area (Å²) in [5.41, 5.74) is -0.183. The molecule has 28 heavy (non-hydrogen) atoms. The molecule has 1 aliphatic carbocycles. The Kier molecular flexibility index (Phi) is 6.79. The molecule has 0 amide bonds. The van der Waals surface area contributed by atoms with E-state index in [0.29, 0.717) is 11.5 Å². The van der Waals surface area contributed by atoms with E-state index in [1.165, 1.54) is 12.8 Å². The zero-order valence-corrected chi connectivity index (χ0v) is 14.3. The second kappa shape index (κ2) is 9.06. The maximum absolute atomic E-state index is 11.0. The number of ether oxygens (including phenoxy) is 2. The molecule has 3 N–H and O–H groups in total. The average Bonchev–Trinajstić information content (AvgIpc) is 3.27. The summed E-state index contributed by atoms with van der Waals surface area (Å²) in [7, 11) is 0. The minimum absolute atomic E-state index is 0.0690. The summed E-state index contributed by atoms with van der Waals surface area (Å²) in [6.07, 6.45) is -0.305. The summed E-state index contributed by atoms with van der Waals surface area (Å²) in [5, 5.41) is 25.4. The van der Waals surface area contributed by atoms with Gasteiger partial charge in [-0.3, -0.25) is 0 Å². The Hall–Kier alpha value is -3.31. The van der Waals surface area contributed by atoms with Crippen LogP contribution in [-0.2, 0) is 4.79 Å². The zero-order chi connectivity index (χ0) is 20.7. The Morgan fingerprint density at radius 2 is 1.75 bits per heavy atom. The summed E-state index contributed by atoms with van der Waals surface area (Å²) >= 11 is 0. The van der Waals surface area contributed by atoms with Crippen molar-refractivity contribution in [2.24, 2.45) is 0 Å². The molecule has 0 aliphatic heterocycles. The lowest BCUT2D eigenvalue weighted by atomic mass is 10.3. The van der Waals surface area contributed by atoms with Crippen LogP contribution in [0.3, 0.4) is 0 Å². The van der Waals surface area contributed by atoms with Crippen LogP contribution in [0.5, 0.6) is 17.4 Å². The van der Waals surface area contributed by atoms with E-state index >= 15 is 0 Å². The predicted octanol–water partition coefficient (Wildman–Crippen LogP) is 3.25. The summed E-state index contributed by atoms with van der Waals surface area (Å²) < 4.78 is 43.1. The second-order valence-electron chi connectivity index (χ2n) is 5.70. The maximum atomic E-state index is 11.0. The average molecular weight is 403 g/mol. The number of hydrogen-bond donors (Lipinski definition) is 3. The van der Waals surface area contributed by atoms with Gasteiger partial charge in [0.2, 0.25) is 5.69 Å². The van der Waals surface area contributed by atoms with E-state index in [0.717, 1.165) is 12.8 Å². The van der Waals surface area contributed by atoms with Gasteiger partial charge in [0.15, 0.2) is 0 Å². The van der Waals surface area contributed by atoms with Gasteiger partial charge in [-0.1, -0.05) is 16.4 Å². The smallest absolute Gasteiger partial charge is 0.490 e. The highest BCUT2D eigenvalue weighted by molar-refractivity contribution is 5.87. The molecule has 1 heterocycles. The molecule has 1 aliphatic rings. The molecule has 0 radical (unpaired) electrons. The van der Waals surface area contributed by atoms with E-state index in [4.69, 9.17) is 24.5 Å². The monoisotopic (exact) mass is 403 g/mol. The quantitative estimate of drug-likeness (QED) is 0.692. The van der Waals surface area contributed by atoms with Crippen LogP contribution >= 0.6 is 0 Å². The first-order valence-corrected chi connectivity index (χ1v) is 8.06. The molecule has 2 aromatic rings. The number of benzene rings is 1. The molecule has 0 spiro atoms. The number of rotatable bonds is 5. The Morgan fingerprint density at radius 3 is 2.32 bits per heavy atom. The third-order valence-corrected chi connectivity index (χ3v) is 3.60. The molecule has 0 atom stereocenters. The number of nitrogens with one attached hydrogen (secondary N) is 1. The first-order valence-electron chi connectivity index (χ1n) is 8.06. The highest BCUT2D eigenvalue weighted by Crippen LogP contribution is 2.28. The van der Waals surface area contributed by atoms with Crippen molar-refractivity contribution in [2.45, 2.75) is 38.0 Å². The van der Waals surface area contributed by atoms with Crippen LogP contribution in [0.2, 0.25) is 0 Å². The molecule has 9 nitrogen and oxygen atoms in total. The third kappa shape index (κ3) is 6.14. The molecule has 1 aromatic carbocycles. The van der Waals surface area contributed by atoms with E-state index in [9.17, 15) is 18.0 Å². The molecule has 0 unspecified atom stereocenters. The van der Waals surface area contributed by atoms with Crippen LogP contribution in [0.15, 0.2) is 24.3 Å². The lowest BCUT2D eigenvalue weighted by Gasteiger charge is -2.13. The highest BCUT2D eigenvalue weighted by Gasteiger charge is 2.38. The Morgan fingerprint density at radius 1 is 1.14 bits per heavy atom. The van der Waals surface area contributed by atoms with Crippen molar-refractivity contribution in [3.63, 3.8) is 0 Å². The maximum Gasteiger partial charge on any atom is 0.490 e. The van der Waals surface area contributed by atoms with Gasteiger partial charge in [-0.25, -0.2) is 14.7 Å². The molecule has 3 rings (SSSR count). The molecule has 0 saturated heterocycles. The number of carbonyl (C=O) groups is 2. The van der Waals surface area contributed by atoms with E-state index in [1.54, 1.807) is 18.2 Å². The molecule has 152 valence electrons. The van der Waals surface area contributed by atoms with Crippen LogP contribution in [0.1, 0.15) is 36.2 Å². The number of alkyl halides is 3. The van der Waals surface area contributed by atoms with Crippen LogP contribution in [0.25, 0.3) is 0 Å². The zero-order valence-electron chi connectivity index (χ0n) is 14.3. The van der Waals surface area contributed by atoms with Crippen molar-refractivity contribution in [1.29, 1.82) is 0 Å².